The average molecular weight is 192 g/mol. The van der Waals surface area contributed by atoms with Crippen LogP contribution in [0.15, 0.2) is 18.2 Å². The molecule has 1 aromatic rings. The molecule has 76 valence electrons. The minimum absolute atomic E-state index is 0.269. The molecule has 0 bridgehead atoms. The average Bonchev–Trinajstić information content (AvgIpc) is 2.18. The molecule has 2 nitrogen and oxygen atoms in total. The van der Waals surface area contributed by atoms with Crippen molar-refractivity contribution in [1.82, 2.24) is 0 Å². The lowest BCUT2D eigenvalue weighted by Crippen LogP contribution is -2.09. The lowest BCUT2D eigenvalue weighted by Gasteiger charge is -2.21. The van der Waals surface area contributed by atoms with Crippen LogP contribution in [0.2, 0.25) is 0 Å². The van der Waals surface area contributed by atoms with Gasteiger partial charge in [-0.1, -0.05) is 6.07 Å². The molecule has 0 saturated heterocycles. The molecule has 0 heterocycles. The van der Waals surface area contributed by atoms with Crippen LogP contribution in [-0.4, -0.2) is 11.7 Å². The van der Waals surface area contributed by atoms with E-state index in [0.29, 0.717) is 6.61 Å². The number of rotatable bonds is 2. The lowest BCUT2D eigenvalue weighted by atomic mass is 9.89. The molecule has 0 aromatic heterocycles. The fraction of sp³-hybridized carbons (Fsp3) is 0.500. The van der Waals surface area contributed by atoms with Crippen molar-refractivity contribution in [1.29, 1.82) is 0 Å². The molecule has 0 amide bonds. The minimum Gasteiger partial charge on any atom is -0.494 e. The standard InChI is InChI=1S/C12H16O2/c1-2-14-10-6-7-11-9(8-10)4-3-5-12(11)13/h6-8,12-13H,2-5H2,1H3. The molecule has 0 saturated carbocycles. The second kappa shape index (κ2) is 4.01. The summed E-state index contributed by atoms with van der Waals surface area (Å²) in [5.74, 6) is 0.917. The summed E-state index contributed by atoms with van der Waals surface area (Å²) in [6.07, 6.45) is 2.76. The van der Waals surface area contributed by atoms with Crippen LogP contribution in [-0.2, 0) is 6.42 Å². The summed E-state index contributed by atoms with van der Waals surface area (Å²) in [7, 11) is 0. The maximum Gasteiger partial charge on any atom is 0.119 e. The SMILES string of the molecule is CCOc1ccc2c(c1)CCCC2O. The molecule has 2 rings (SSSR count). The van der Waals surface area contributed by atoms with Gasteiger partial charge in [0, 0.05) is 0 Å². The largest absolute Gasteiger partial charge is 0.494 e. The van der Waals surface area contributed by atoms with Gasteiger partial charge in [-0.25, -0.2) is 0 Å². The van der Waals surface area contributed by atoms with Crippen LogP contribution >= 0.6 is 0 Å². The van der Waals surface area contributed by atoms with Gasteiger partial charge in [-0.05, 0) is 49.4 Å². The van der Waals surface area contributed by atoms with E-state index in [9.17, 15) is 5.11 Å². The van der Waals surface area contributed by atoms with Crippen LogP contribution in [0, 0.1) is 0 Å². The molecule has 1 N–H and O–H groups in total. The first-order valence-corrected chi connectivity index (χ1v) is 5.25. The number of aliphatic hydroxyl groups excluding tert-OH is 1. The number of fused-ring (bicyclic) bond motifs is 1. The topological polar surface area (TPSA) is 29.5 Å². The molecule has 14 heavy (non-hydrogen) atoms. The third kappa shape index (κ3) is 1.75. The maximum atomic E-state index is 9.74. The highest BCUT2D eigenvalue weighted by molar-refractivity contribution is 5.38. The van der Waals surface area contributed by atoms with E-state index < -0.39 is 0 Å². The normalized spacial score (nSPS) is 20.3. The van der Waals surface area contributed by atoms with Crippen LogP contribution < -0.4 is 4.74 Å². The number of aliphatic hydroxyl groups is 1. The molecule has 2 heteroatoms. The fourth-order valence-electron chi connectivity index (χ4n) is 2.02. The van der Waals surface area contributed by atoms with Crippen LogP contribution in [0.1, 0.15) is 37.0 Å². The van der Waals surface area contributed by atoms with Crippen LogP contribution in [0.4, 0.5) is 0 Å². The number of benzene rings is 1. The monoisotopic (exact) mass is 192 g/mol. The predicted octanol–water partition coefficient (Wildman–Crippen LogP) is 2.46. The van der Waals surface area contributed by atoms with Crippen LogP contribution in [0.25, 0.3) is 0 Å². The van der Waals surface area contributed by atoms with Gasteiger partial charge >= 0.3 is 0 Å². The van der Waals surface area contributed by atoms with Crippen molar-refractivity contribution in [2.75, 3.05) is 6.61 Å². The van der Waals surface area contributed by atoms with E-state index in [1.807, 2.05) is 19.1 Å². The first-order valence-electron chi connectivity index (χ1n) is 5.25. The Morgan fingerprint density at radius 3 is 3.14 bits per heavy atom. The first kappa shape index (κ1) is 9.53. The van der Waals surface area contributed by atoms with Crippen molar-refractivity contribution < 1.29 is 9.84 Å². The highest BCUT2D eigenvalue weighted by Gasteiger charge is 2.17. The second-order valence-electron chi connectivity index (χ2n) is 3.70. The molecule has 1 unspecified atom stereocenters. The van der Waals surface area contributed by atoms with Crippen molar-refractivity contribution in [2.24, 2.45) is 0 Å². The van der Waals surface area contributed by atoms with Crippen molar-refractivity contribution in [3.63, 3.8) is 0 Å². The molecular formula is C12H16O2. The third-order valence-electron chi connectivity index (χ3n) is 2.71. The van der Waals surface area contributed by atoms with E-state index in [2.05, 4.69) is 6.07 Å². The van der Waals surface area contributed by atoms with Gasteiger partial charge in [0.05, 0.1) is 12.7 Å². The second-order valence-corrected chi connectivity index (χ2v) is 3.70. The van der Waals surface area contributed by atoms with Gasteiger partial charge in [-0.2, -0.15) is 0 Å². The Kier molecular flexibility index (Phi) is 2.73. The third-order valence-corrected chi connectivity index (χ3v) is 2.71. The molecule has 0 fully saturated rings. The zero-order valence-electron chi connectivity index (χ0n) is 8.49. The van der Waals surface area contributed by atoms with Crippen LogP contribution in [0.5, 0.6) is 5.75 Å². The van der Waals surface area contributed by atoms with Gasteiger partial charge < -0.3 is 9.84 Å². The Labute approximate surface area is 84.5 Å². The van der Waals surface area contributed by atoms with E-state index in [4.69, 9.17) is 4.74 Å². The Bertz CT molecular complexity index is 320. The Morgan fingerprint density at radius 2 is 2.36 bits per heavy atom. The molecule has 1 atom stereocenters. The molecule has 1 aromatic carbocycles. The molecule has 0 radical (unpaired) electrons. The van der Waals surface area contributed by atoms with Crippen LogP contribution in [0.3, 0.4) is 0 Å². The number of hydrogen-bond donors (Lipinski definition) is 1. The molecule has 1 aliphatic carbocycles. The zero-order chi connectivity index (χ0) is 9.97. The van der Waals surface area contributed by atoms with Gasteiger partial charge in [0.1, 0.15) is 5.75 Å². The maximum absolute atomic E-state index is 9.74. The van der Waals surface area contributed by atoms with Gasteiger partial charge in [0.15, 0.2) is 0 Å². The Hall–Kier alpha value is -1.02. The summed E-state index contributed by atoms with van der Waals surface area (Å²) >= 11 is 0. The van der Waals surface area contributed by atoms with E-state index in [0.717, 1.165) is 30.6 Å². The van der Waals surface area contributed by atoms with Gasteiger partial charge in [0.25, 0.3) is 0 Å². The van der Waals surface area contributed by atoms with Gasteiger partial charge in [0.2, 0.25) is 0 Å². The Balaban J connectivity index is 2.29. The summed E-state index contributed by atoms with van der Waals surface area (Å²) in [6.45, 7) is 2.68. The number of hydrogen-bond acceptors (Lipinski definition) is 2. The van der Waals surface area contributed by atoms with Crippen molar-refractivity contribution in [2.45, 2.75) is 32.3 Å². The summed E-state index contributed by atoms with van der Waals surface area (Å²) < 4.78 is 5.43. The highest BCUT2D eigenvalue weighted by atomic mass is 16.5. The van der Waals surface area contributed by atoms with Crippen molar-refractivity contribution in [3.8, 4) is 5.75 Å². The van der Waals surface area contributed by atoms with E-state index in [1.54, 1.807) is 0 Å². The Morgan fingerprint density at radius 1 is 1.50 bits per heavy atom. The summed E-state index contributed by atoms with van der Waals surface area (Å²) in [5, 5.41) is 9.74. The summed E-state index contributed by atoms with van der Waals surface area (Å²) in [5.41, 5.74) is 2.33. The van der Waals surface area contributed by atoms with E-state index in [1.165, 1.54) is 5.56 Å². The van der Waals surface area contributed by atoms with E-state index >= 15 is 0 Å². The molecule has 1 aliphatic rings. The minimum atomic E-state index is -0.269. The summed E-state index contributed by atoms with van der Waals surface area (Å²) in [4.78, 5) is 0. The number of aryl methyl sites for hydroxylation is 1. The lowest BCUT2D eigenvalue weighted by molar-refractivity contribution is 0.156. The van der Waals surface area contributed by atoms with Crippen molar-refractivity contribution in [3.05, 3.63) is 29.3 Å². The van der Waals surface area contributed by atoms with Gasteiger partial charge in [-0.3, -0.25) is 0 Å². The van der Waals surface area contributed by atoms with Gasteiger partial charge in [-0.15, -0.1) is 0 Å². The zero-order valence-corrected chi connectivity index (χ0v) is 8.49. The fourth-order valence-corrected chi connectivity index (χ4v) is 2.02. The predicted molar refractivity (Wildman–Crippen MR) is 55.5 cm³/mol. The highest BCUT2D eigenvalue weighted by Crippen LogP contribution is 2.31. The smallest absolute Gasteiger partial charge is 0.119 e. The first-order chi connectivity index (χ1) is 6.81. The number of ether oxygens (including phenoxy) is 1. The van der Waals surface area contributed by atoms with Crippen molar-refractivity contribution >= 4 is 0 Å². The molecular weight excluding hydrogens is 176 g/mol. The summed E-state index contributed by atoms with van der Waals surface area (Å²) in [6, 6.07) is 5.99. The quantitative estimate of drug-likeness (QED) is 0.780. The molecule has 0 aliphatic heterocycles. The molecule has 0 spiro atoms. The van der Waals surface area contributed by atoms with E-state index in [-0.39, 0.29) is 6.10 Å².